The average Bonchev–Trinajstić information content (AvgIpc) is 2.35. The minimum Gasteiger partial charge on any atom is -0.465 e. The maximum atomic E-state index is 11.2. The minimum atomic E-state index is -0.373. The quantitative estimate of drug-likeness (QED) is 0.747. The Kier molecular flexibility index (Phi) is 4.51. The number of hydrogen-bond donors (Lipinski definition) is 2. The van der Waals surface area contributed by atoms with Crippen LogP contribution >= 0.6 is 0 Å². The van der Waals surface area contributed by atoms with Crippen molar-refractivity contribution in [3.8, 4) is 0 Å². The van der Waals surface area contributed by atoms with Gasteiger partial charge in [-0.15, -0.1) is 0 Å². The number of esters is 1. The van der Waals surface area contributed by atoms with Gasteiger partial charge in [-0.25, -0.2) is 4.79 Å². The number of nitrogens with one attached hydrogen (secondary N) is 1. The van der Waals surface area contributed by atoms with Gasteiger partial charge >= 0.3 is 5.97 Å². The molecule has 1 aromatic rings. The van der Waals surface area contributed by atoms with Crippen molar-refractivity contribution in [3.63, 3.8) is 0 Å². The highest BCUT2D eigenvalue weighted by molar-refractivity contribution is 5.89. The van der Waals surface area contributed by atoms with Crippen LogP contribution in [0.1, 0.15) is 17.3 Å². The molecule has 17 heavy (non-hydrogen) atoms. The molecule has 0 fully saturated rings. The zero-order valence-corrected chi connectivity index (χ0v) is 9.90. The fraction of sp³-hybridized carbons (Fsp3) is 0.333. The summed E-state index contributed by atoms with van der Waals surface area (Å²) in [6.45, 7) is 2.21. The summed E-state index contributed by atoms with van der Waals surface area (Å²) < 4.78 is 4.59. The maximum absolute atomic E-state index is 11.2. The third-order valence-electron chi connectivity index (χ3n) is 2.40. The van der Waals surface area contributed by atoms with E-state index in [4.69, 9.17) is 5.73 Å². The van der Waals surface area contributed by atoms with Gasteiger partial charge in [0.2, 0.25) is 5.91 Å². The number of methoxy groups -OCH3 is 1. The van der Waals surface area contributed by atoms with Gasteiger partial charge in [0.05, 0.1) is 18.6 Å². The molecule has 5 nitrogen and oxygen atoms in total. The molecule has 1 unspecified atom stereocenters. The Labute approximate surface area is 99.9 Å². The highest BCUT2D eigenvalue weighted by Gasteiger charge is 2.08. The van der Waals surface area contributed by atoms with Crippen molar-refractivity contribution in [1.82, 2.24) is 0 Å². The number of carbonyl (C=O) groups excluding carboxylic acids is 2. The van der Waals surface area contributed by atoms with Gasteiger partial charge in [-0.1, -0.05) is 6.92 Å². The molecule has 92 valence electrons. The Morgan fingerprint density at radius 2 is 1.94 bits per heavy atom. The first-order valence-corrected chi connectivity index (χ1v) is 5.26. The van der Waals surface area contributed by atoms with Crippen LogP contribution < -0.4 is 11.1 Å². The summed E-state index contributed by atoms with van der Waals surface area (Å²) >= 11 is 0. The third-order valence-corrected chi connectivity index (χ3v) is 2.40. The smallest absolute Gasteiger partial charge is 0.337 e. The second-order valence-corrected chi connectivity index (χ2v) is 3.75. The van der Waals surface area contributed by atoms with E-state index >= 15 is 0 Å². The van der Waals surface area contributed by atoms with Gasteiger partial charge < -0.3 is 15.8 Å². The van der Waals surface area contributed by atoms with E-state index in [-0.39, 0.29) is 17.8 Å². The first-order valence-electron chi connectivity index (χ1n) is 5.26. The number of nitrogens with two attached hydrogens (primary N) is 1. The Bertz CT molecular complexity index is 401. The summed E-state index contributed by atoms with van der Waals surface area (Å²) in [5, 5.41) is 3.06. The van der Waals surface area contributed by atoms with Crippen LogP contribution in [0, 0.1) is 5.92 Å². The van der Waals surface area contributed by atoms with Crippen molar-refractivity contribution >= 4 is 17.6 Å². The molecule has 0 spiro atoms. The normalized spacial score (nSPS) is 11.6. The van der Waals surface area contributed by atoms with Gasteiger partial charge in [0.25, 0.3) is 0 Å². The van der Waals surface area contributed by atoms with Crippen molar-refractivity contribution < 1.29 is 14.3 Å². The molecular weight excluding hydrogens is 220 g/mol. The molecule has 0 radical (unpaired) electrons. The van der Waals surface area contributed by atoms with Gasteiger partial charge in [0.1, 0.15) is 0 Å². The van der Waals surface area contributed by atoms with Crippen molar-refractivity contribution in [2.45, 2.75) is 6.92 Å². The molecule has 1 aromatic carbocycles. The van der Waals surface area contributed by atoms with E-state index in [1.165, 1.54) is 7.11 Å². The molecule has 0 aliphatic rings. The Morgan fingerprint density at radius 1 is 1.35 bits per heavy atom. The maximum Gasteiger partial charge on any atom is 0.337 e. The number of ether oxygens (including phenoxy) is 1. The highest BCUT2D eigenvalue weighted by Crippen LogP contribution is 2.11. The van der Waals surface area contributed by atoms with Gasteiger partial charge in [-0.05, 0) is 24.3 Å². The molecule has 3 N–H and O–H groups in total. The number of benzene rings is 1. The predicted octanol–water partition coefficient (Wildman–Crippen LogP) is 1.01. The van der Waals surface area contributed by atoms with E-state index in [1.54, 1.807) is 31.2 Å². The molecule has 0 saturated heterocycles. The molecule has 0 saturated carbocycles. The number of primary amides is 1. The molecule has 0 heterocycles. The number of carbonyl (C=O) groups is 2. The van der Waals surface area contributed by atoms with Gasteiger partial charge in [0.15, 0.2) is 0 Å². The summed E-state index contributed by atoms with van der Waals surface area (Å²) in [6.07, 6.45) is 0. The second kappa shape index (κ2) is 5.89. The molecule has 1 amide bonds. The largest absolute Gasteiger partial charge is 0.465 e. The second-order valence-electron chi connectivity index (χ2n) is 3.75. The lowest BCUT2D eigenvalue weighted by Crippen LogP contribution is -2.26. The lowest BCUT2D eigenvalue weighted by molar-refractivity contribution is -0.120. The third kappa shape index (κ3) is 3.79. The molecule has 1 atom stereocenters. The van der Waals surface area contributed by atoms with Gasteiger partial charge in [-0.3, -0.25) is 4.79 Å². The number of anilines is 1. The van der Waals surface area contributed by atoms with Crippen molar-refractivity contribution in [1.29, 1.82) is 0 Å². The fourth-order valence-corrected chi connectivity index (χ4v) is 1.21. The van der Waals surface area contributed by atoms with Gasteiger partial charge in [0, 0.05) is 12.2 Å². The molecule has 1 rings (SSSR count). The summed E-state index contributed by atoms with van der Waals surface area (Å²) in [5.74, 6) is -0.957. The van der Waals surface area contributed by atoms with Crippen LogP contribution in [0.15, 0.2) is 24.3 Å². The summed E-state index contributed by atoms with van der Waals surface area (Å²) in [7, 11) is 1.34. The molecule has 0 bridgehead atoms. The van der Waals surface area contributed by atoms with E-state index in [1.807, 2.05) is 0 Å². The van der Waals surface area contributed by atoms with Crippen LogP contribution in [0.3, 0.4) is 0 Å². The van der Waals surface area contributed by atoms with Crippen molar-refractivity contribution in [3.05, 3.63) is 29.8 Å². The molecule has 0 aliphatic heterocycles. The van der Waals surface area contributed by atoms with Crippen LogP contribution in [-0.2, 0) is 9.53 Å². The number of hydrogen-bond acceptors (Lipinski definition) is 4. The van der Waals surface area contributed by atoms with Gasteiger partial charge in [-0.2, -0.15) is 0 Å². The zero-order chi connectivity index (χ0) is 12.8. The van der Waals surface area contributed by atoms with E-state index in [0.29, 0.717) is 12.1 Å². The van der Waals surface area contributed by atoms with E-state index in [2.05, 4.69) is 10.1 Å². The Morgan fingerprint density at radius 3 is 2.41 bits per heavy atom. The fourth-order valence-electron chi connectivity index (χ4n) is 1.21. The molecule has 0 aliphatic carbocycles. The van der Waals surface area contributed by atoms with Crippen molar-refractivity contribution in [2.24, 2.45) is 11.7 Å². The highest BCUT2D eigenvalue weighted by atomic mass is 16.5. The number of rotatable bonds is 5. The van der Waals surface area contributed by atoms with E-state index in [0.717, 1.165) is 5.69 Å². The van der Waals surface area contributed by atoms with Crippen molar-refractivity contribution in [2.75, 3.05) is 19.0 Å². The minimum absolute atomic E-state index is 0.240. The zero-order valence-electron chi connectivity index (χ0n) is 9.90. The van der Waals surface area contributed by atoms with Crippen LogP contribution in [0.4, 0.5) is 5.69 Å². The van der Waals surface area contributed by atoms with Crippen LogP contribution in [-0.4, -0.2) is 25.5 Å². The van der Waals surface area contributed by atoms with Crippen LogP contribution in [0.2, 0.25) is 0 Å². The molecule has 5 heteroatoms. The molecule has 0 aromatic heterocycles. The average molecular weight is 236 g/mol. The summed E-state index contributed by atoms with van der Waals surface area (Å²) in [5.41, 5.74) is 6.45. The Hall–Kier alpha value is -2.04. The standard InChI is InChI=1S/C12H16N2O3/c1-8(11(13)15)7-14-10-5-3-9(4-6-10)12(16)17-2/h3-6,8,14H,7H2,1-2H3,(H2,13,15). The monoisotopic (exact) mass is 236 g/mol. The van der Waals surface area contributed by atoms with Crippen LogP contribution in [0.25, 0.3) is 0 Å². The number of amides is 1. The predicted molar refractivity (Wildman–Crippen MR) is 64.6 cm³/mol. The Balaban J connectivity index is 2.57. The van der Waals surface area contributed by atoms with Crippen LogP contribution in [0.5, 0.6) is 0 Å². The first kappa shape index (κ1) is 13.0. The lowest BCUT2D eigenvalue weighted by atomic mass is 10.1. The van der Waals surface area contributed by atoms with E-state index < -0.39 is 0 Å². The summed E-state index contributed by atoms with van der Waals surface area (Å²) in [6, 6.07) is 6.81. The SMILES string of the molecule is COC(=O)c1ccc(NCC(C)C(N)=O)cc1. The molecular formula is C12H16N2O3. The lowest BCUT2D eigenvalue weighted by Gasteiger charge is -2.10. The first-order chi connectivity index (χ1) is 8.04. The summed E-state index contributed by atoms with van der Waals surface area (Å²) in [4.78, 5) is 22.0. The topological polar surface area (TPSA) is 81.4 Å². The van der Waals surface area contributed by atoms with E-state index in [9.17, 15) is 9.59 Å².